The third-order valence-electron chi connectivity index (χ3n) is 4.93. The maximum Gasteiger partial charge on any atom is 0.249 e. The van der Waals surface area contributed by atoms with Gasteiger partial charge < -0.3 is 5.32 Å². The molecule has 0 saturated carbocycles. The highest BCUT2D eigenvalue weighted by Crippen LogP contribution is 2.27. The Kier molecular flexibility index (Phi) is 4.72. The minimum absolute atomic E-state index is 0.533. The number of nitrogens with zero attached hydrogens (tertiary/aromatic N) is 5. The third kappa shape index (κ3) is 3.55. The second-order valence-electron chi connectivity index (χ2n) is 7.09. The lowest BCUT2D eigenvalue weighted by Crippen LogP contribution is -2.07. The number of fused-ring (bicyclic) bond motifs is 1. The van der Waals surface area contributed by atoms with Crippen LogP contribution in [0.1, 0.15) is 22.6 Å². The summed E-state index contributed by atoms with van der Waals surface area (Å²) in [5.74, 6) is 2.01. The standard InChI is InChI=1S/C23H20N6S/c1-15-19(13-17-9-5-3-6-10-17)21(25-16(2)24-15)26-22-27-23-29(28-22)20(14-30-23)18-11-7-4-8-12-18/h3-12,14H,13H2,1-2H3,(H,24,25,26,28). The van der Waals surface area contributed by atoms with E-state index in [1.54, 1.807) is 11.3 Å². The lowest BCUT2D eigenvalue weighted by Gasteiger charge is -2.12. The number of hydrogen-bond acceptors (Lipinski definition) is 6. The van der Waals surface area contributed by atoms with Crippen LogP contribution in [0.4, 0.5) is 11.8 Å². The monoisotopic (exact) mass is 412 g/mol. The second kappa shape index (κ2) is 7.68. The zero-order chi connectivity index (χ0) is 20.5. The number of anilines is 2. The van der Waals surface area contributed by atoms with Crippen LogP contribution in [0.5, 0.6) is 0 Å². The average molecular weight is 413 g/mol. The van der Waals surface area contributed by atoms with E-state index in [1.807, 2.05) is 54.8 Å². The molecule has 0 spiro atoms. The summed E-state index contributed by atoms with van der Waals surface area (Å²) in [6.07, 6.45) is 0.743. The molecule has 2 aromatic carbocycles. The summed E-state index contributed by atoms with van der Waals surface area (Å²) in [4.78, 5) is 14.7. The van der Waals surface area contributed by atoms with Gasteiger partial charge in [-0.1, -0.05) is 60.7 Å². The SMILES string of the molecule is Cc1nc(C)c(Cc2ccccc2)c(Nc2nc3scc(-c4ccccc4)n3n2)n1. The van der Waals surface area contributed by atoms with Crippen LogP contribution in [0.3, 0.4) is 0 Å². The molecule has 0 saturated heterocycles. The molecular formula is C23H20N6S. The van der Waals surface area contributed by atoms with Gasteiger partial charge in [0.2, 0.25) is 10.9 Å². The van der Waals surface area contributed by atoms with Crippen molar-refractivity contribution in [2.45, 2.75) is 20.3 Å². The third-order valence-corrected chi connectivity index (χ3v) is 5.75. The van der Waals surface area contributed by atoms with Gasteiger partial charge in [0.25, 0.3) is 0 Å². The van der Waals surface area contributed by atoms with Gasteiger partial charge in [-0.3, -0.25) is 0 Å². The van der Waals surface area contributed by atoms with E-state index in [0.29, 0.717) is 5.95 Å². The fourth-order valence-corrected chi connectivity index (χ4v) is 4.33. The van der Waals surface area contributed by atoms with Gasteiger partial charge in [-0.05, 0) is 19.4 Å². The fourth-order valence-electron chi connectivity index (χ4n) is 3.50. The van der Waals surface area contributed by atoms with E-state index in [9.17, 15) is 0 Å². The maximum atomic E-state index is 4.70. The smallest absolute Gasteiger partial charge is 0.249 e. The van der Waals surface area contributed by atoms with Crippen LogP contribution >= 0.6 is 11.3 Å². The molecule has 5 rings (SSSR count). The molecule has 3 heterocycles. The molecule has 3 aromatic heterocycles. The molecule has 0 bridgehead atoms. The Morgan fingerprint density at radius 3 is 2.40 bits per heavy atom. The van der Waals surface area contributed by atoms with Crippen LogP contribution in [0, 0.1) is 13.8 Å². The number of nitrogens with one attached hydrogen (secondary N) is 1. The molecule has 0 fully saturated rings. The summed E-state index contributed by atoms with van der Waals surface area (Å²) >= 11 is 1.57. The molecule has 30 heavy (non-hydrogen) atoms. The molecule has 0 radical (unpaired) electrons. The maximum absolute atomic E-state index is 4.70. The Balaban J connectivity index is 1.51. The van der Waals surface area contributed by atoms with Crippen LogP contribution < -0.4 is 5.32 Å². The van der Waals surface area contributed by atoms with Gasteiger partial charge in [-0.25, -0.2) is 14.5 Å². The highest BCUT2D eigenvalue weighted by molar-refractivity contribution is 7.15. The highest BCUT2D eigenvalue weighted by atomic mass is 32.1. The van der Waals surface area contributed by atoms with Gasteiger partial charge in [-0.15, -0.1) is 16.4 Å². The average Bonchev–Trinajstić information content (AvgIpc) is 3.32. The quantitative estimate of drug-likeness (QED) is 0.430. The van der Waals surface area contributed by atoms with Crippen LogP contribution in [-0.4, -0.2) is 24.6 Å². The largest absolute Gasteiger partial charge is 0.307 e. The van der Waals surface area contributed by atoms with E-state index < -0.39 is 0 Å². The van der Waals surface area contributed by atoms with E-state index in [4.69, 9.17) is 5.10 Å². The topological polar surface area (TPSA) is 68.0 Å². The van der Waals surface area contributed by atoms with Crippen LogP contribution in [0.25, 0.3) is 16.2 Å². The predicted molar refractivity (Wildman–Crippen MR) is 120 cm³/mol. The minimum Gasteiger partial charge on any atom is -0.307 e. The molecule has 148 valence electrons. The number of benzene rings is 2. The molecular weight excluding hydrogens is 392 g/mol. The van der Waals surface area contributed by atoms with E-state index >= 15 is 0 Å². The Hall–Kier alpha value is -3.58. The first-order valence-corrected chi connectivity index (χ1v) is 10.6. The van der Waals surface area contributed by atoms with Crippen molar-refractivity contribution in [3.8, 4) is 11.3 Å². The summed E-state index contributed by atoms with van der Waals surface area (Å²) < 4.78 is 1.88. The Labute approximate surface area is 178 Å². The summed E-state index contributed by atoms with van der Waals surface area (Å²) in [7, 11) is 0. The lowest BCUT2D eigenvalue weighted by molar-refractivity contribution is 0.952. The minimum atomic E-state index is 0.533. The summed E-state index contributed by atoms with van der Waals surface area (Å²) in [5, 5.41) is 10.1. The molecule has 7 heteroatoms. The van der Waals surface area contributed by atoms with E-state index in [-0.39, 0.29) is 0 Å². The molecule has 0 atom stereocenters. The molecule has 1 N–H and O–H groups in total. The normalized spacial score (nSPS) is 11.1. The first-order valence-electron chi connectivity index (χ1n) is 9.72. The van der Waals surface area contributed by atoms with Crippen molar-refractivity contribution in [1.29, 1.82) is 0 Å². The number of aryl methyl sites for hydroxylation is 2. The van der Waals surface area contributed by atoms with Crippen molar-refractivity contribution in [1.82, 2.24) is 24.6 Å². The van der Waals surface area contributed by atoms with Crippen LogP contribution in [0.15, 0.2) is 66.0 Å². The molecule has 0 aliphatic heterocycles. The molecule has 5 aromatic rings. The summed E-state index contributed by atoms with van der Waals surface area (Å²) in [6.45, 7) is 3.92. The van der Waals surface area contributed by atoms with E-state index in [1.165, 1.54) is 5.56 Å². The number of aromatic nitrogens is 5. The van der Waals surface area contributed by atoms with Crippen molar-refractivity contribution in [3.05, 3.63) is 88.7 Å². The van der Waals surface area contributed by atoms with Gasteiger partial charge >= 0.3 is 0 Å². The Bertz CT molecular complexity index is 1310. The zero-order valence-electron chi connectivity index (χ0n) is 16.7. The van der Waals surface area contributed by atoms with Crippen molar-refractivity contribution >= 4 is 28.1 Å². The van der Waals surface area contributed by atoms with Gasteiger partial charge in [0.05, 0.1) is 5.69 Å². The number of hydrogen-bond donors (Lipinski definition) is 1. The molecule has 0 aliphatic rings. The number of rotatable bonds is 5. The van der Waals surface area contributed by atoms with Gasteiger partial charge in [-0.2, -0.15) is 4.98 Å². The van der Waals surface area contributed by atoms with Gasteiger partial charge in [0.15, 0.2) is 0 Å². The van der Waals surface area contributed by atoms with E-state index in [2.05, 4.69) is 49.9 Å². The first-order chi connectivity index (χ1) is 14.7. The molecule has 0 amide bonds. The lowest BCUT2D eigenvalue weighted by atomic mass is 10.0. The number of thiazole rings is 1. The summed E-state index contributed by atoms with van der Waals surface area (Å²) in [6, 6.07) is 20.5. The van der Waals surface area contributed by atoms with Crippen LogP contribution in [0.2, 0.25) is 0 Å². The summed E-state index contributed by atoms with van der Waals surface area (Å²) in [5.41, 5.74) is 5.35. The zero-order valence-corrected chi connectivity index (χ0v) is 17.5. The Morgan fingerprint density at radius 2 is 1.63 bits per heavy atom. The van der Waals surface area contributed by atoms with Crippen molar-refractivity contribution in [2.75, 3.05) is 5.32 Å². The predicted octanol–water partition coefficient (Wildman–Crippen LogP) is 5.20. The molecule has 0 unspecified atom stereocenters. The van der Waals surface area contributed by atoms with Crippen LogP contribution in [-0.2, 0) is 6.42 Å². The Morgan fingerprint density at radius 1 is 0.900 bits per heavy atom. The van der Waals surface area contributed by atoms with E-state index in [0.717, 1.165) is 45.5 Å². The van der Waals surface area contributed by atoms with Gasteiger partial charge in [0.1, 0.15) is 11.6 Å². The van der Waals surface area contributed by atoms with Crippen molar-refractivity contribution in [3.63, 3.8) is 0 Å². The molecule has 6 nitrogen and oxygen atoms in total. The molecule has 0 aliphatic carbocycles. The first kappa shape index (κ1) is 18.4. The fraction of sp³-hybridized carbons (Fsp3) is 0.130. The highest BCUT2D eigenvalue weighted by Gasteiger charge is 2.16. The van der Waals surface area contributed by atoms with Crippen molar-refractivity contribution < 1.29 is 0 Å². The van der Waals surface area contributed by atoms with Crippen molar-refractivity contribution in [2.24, 2.45) is 0 Å². The second-order valence-corrected chi connectivity index (χ2v) is 7.92. The van der Waals surface area contributed by atoms with Gasteiger partial charge in [0, 0.05) is 28.6 Å².